The van der Waals surface area contributed by atoms with E-state index in [0.717, 1.165) is 122 Å². The second-order valence-corrected chi connectivity index (χ2v) is 30.4. The van der Waals surface area contributed by atoms with E-state index in [1.165, 1.54) is 22.3 Å². The van der Waals surface area contributed by atoms with E-state index in [9.17, 15) is 0 Å². The van der Waals surface area contributed by atoms with E-state index < -0.39 is 0 Å². The molecule has 592 valence electrons. The number of hydrogen-bond donors (Lipinski definition) is 0. The minimum absolute atomic E-state index is 0.589. The summed E-state index contributed by atoms with van der Waals surface area (Å²) in [6.45, 7) is 0. The highest BCUT2D eigenvalue weighted by molar-refractivity contribution is 5.84. The first-order chi connectivity index (χ1) is 62.4. The van der Waals surface area contributed by atoms with Crippen LogP contribution >= 0.6 is 0 Å². The van der Waals surface area contributed by atoms with Crippen molar-refractivity contribution in [2.24, 2.45) is 0 Å². The molecule has 0 fully saturated rings. The lowest BCUT2D eigenvalue weighted by molar-refractivity contribution is 1.07. The molecule has 0 saturated heterocycles. The molecule has 21 aromatic rings. The van der Waals surface area contributed by atoms with Gasteiger partial charge in [0.2, 0.25) is 0 Å². The first kappa shape index (κ1) is 77.4. The summed E-state index contributed by atoms with van der Waals surface area (Å²) in [6, 6.07) is 157. The summed E-state index contributed by atoms with van der Waals surface area (Å²) in [7, 11) is 0. The lowest BCUT2D eigenvalue weighted by Crippen LogP contribution is -2.00. The quantitative estimate of drug-likeness (QED) is 0.0757. The summed E-state index contributed by atoms with van der Waals surface area (Å²) in [4.78, 5) is 60.2. The van der Waals surface area contributed by atoms with E-state index in [0.29, 0.717) is 69.9 Å². The van der Waals surface area contributed by atoms with Crippen molar-refractivity contribution in [3.63, 3.8) is 0 Å². The second kappa shape index (κ2) is 36.0. The van der Waals surface area contributed by atoms with Gasteiger partial charge >= 0.3 is 0 Å². The molecule has 0 saturated carbocycles. The summed E-state index contributed by atoms with van der Waals surface area (Å²) in [6.07, 6.45) is 0. The third-order valence-corrected chi connectivity index (χ3v) is 21.9. The highest BCUT2D eigenvalue weighted by Crippen LogP contribution is 2.39. The molecule has 0 radical (unpaired) electrons. The Hall–Kier alpha value is -17.2. The number of nitrogens with zero attached hydrogens (tertiary/aromatic N) is 12. The highest BCUT2D eigenvalue weighted by atomic mass is 15.1. The predicted molar refractivity (Wildman–Crippen MR) is 510 cm³/mol. The standard InChI is InChI=1S/C60H40N6.C54H36N6/c1-5-18-41(19-6-1)45-26-13-27-46(36-45)49-30-15-34-53(38-49)59-64-57(44-24-11-4-12-25-44)65-60(66-59)54-35-17-32-51(40-54)48-29-14-28-47(37-48)50-31-16-33-52(39-50)58-62-55(42-20-7-2-8-21-42)61-56(63-58)43-22-9-3-10-23-43;1-5-17-37(18-6-1)41-25-13-26-42(33-41)43-27-14-31-47(34-43)53-58-51(40-23-11-4-12-24-40)59-54(60-53)48-32-16-29-45(36-48)44-28-15-30-46(35-44)52-56-49(38-19-7-2-8-20-38)55-50(57-52)39-21-9-3-10-22-39/h1-40H;1-36H. The van der Waals surface area contributed by atoms with Crippen LogP contribution < -0.4 is 0 Å². The summed E-state index contributed by atoms with van der Waals surface area (Å²) < 4.78 is 0. The molecule has 17 aromatic carbocycles. The number of aromatic nitrogens is 12. The molecule has 0 aliphatic carbocycles. The molecule has 0 atom stereocenters. The topological polar surface area (TPSA) is 155 Å². The lowest BCUT2D eigenvalue weighted by Gasteiger charge is -2.12. The SMILES string of the molecule is c1ccc(-c2cccc(-c3cccc(-c4nc(-c5ccccc5)nc(-c5cccc(-c6cccc(-c7cccc(-c8nc(-c9ccccc9)nc(-c9ccccc9)n8)c7)c6)c5)n4)c3)c2)cc1.c1ccc(-c2cccc(-c3cccc(-c4nc(-c5ccccc5)nc(-c5cccc(-c6cccc(-c7nc(-c8ccccc8)nc(-c8ccccc8)n7)c6)c5)n4)c3)c2)cc1. The van der Waals surface area contributed by atoms with E-state index in [4.69, 9.17) is 59.8 Å². The van der Waals surface area contributed by atoms with Crippen LogP contribution in [0.2, 0.25) is 0 Å². The summed E-state index contributed by atoms with van der Waals surface area (Å²) >= 11 is 0. The molecule has 12 nitrogen and oxygen atoms in total. The van der Waals surface area contributed by atoms with Crippen molar-refractivity contribution in [3.8, 4) is 215 Å². The van der Waals surface area contributed by atoms with Crippen molar-refractivity contribution >= 4 is 0 Å². The molecule has 4 heterocycles. The number of hydrogen-bond acceptors (Lipinski definition) is 12. The minimum atomic E-state index is 0.589. The Morgan fingerprint density at radius 3 is 0.294 bits per heavy atom. The monoisotopic (exact) mass is 1610 g/mol. The normalized spacial score (nSPS) is 11.0. The average Bonchev–Trinajstić information content (AvgIpc) is 0.788. The van der Waals surface area contributed by atoms with Crippen molar-refractivity contribution in [1.29, 1.82) is 0 Å². The smallest absolute Gasteiger partial charge is 0.164 e. The summed E-state index contributed by atoms with van der Waals surface area (Å²) in [5.74, 6) is 7.35. The zero-order chi connectivity index (χ0) is 84.2. The summed E-state index contributed by atoms with van der Waals surface area (Å²) in [5, 5.41) is 0. The number of benzene rings is 17. The Labute approximate surface area is 730 Å². The first-order valence-corrected chi connectivity index (χ1v) is 41.8. The van der Waals surface area contributed by atoms with Gasteiger partial charge in [-0.25, -0.2) is 59.8 Å². The van der Waals surface area contributed by atoms with Crippen molar-refractivity contribution in [2.45, 2.75) is 0 Å². The van der Waals surface area contributed by atoms with Gasteiger partial charge < -0.3 is 0 Å². The van der Waals surface area contributed by atoms with E-state index in [-0.39, 0.29) is 0 Å². The molecule has 0 N–H and O–H groups in total. The molecule has 21 rings (SSSR count). The van der Waals surface area contributed by atoms with Crippen molar-refractivity contribution in [1.82, 2.24) is 59.8 Å². The van der Waals surface area contributed by atoms with Crippen molar-refractivity contribution in [2.75, 3.05) is 0 Å². The van der Waals surface area contributed by atoms with Gasteiger partial charge in [-0.3, -0.25) is 0 Å². The van der Waals surface area contributed by atoms with Crippen molar-refractivity contribution < 1.29 is 0 Å². The fraction of sp³-hybridized carbons (Fsp3) is 0. The van der Waals surface area contributed by atoms with Crippen LogP contribution in [-0.4, -0.2) is 59.8 Å². The Morgan fingerprint density at radius 2 is 0.159 bits per heavy atom. The van der Waals surface area contributed by atoms with Gasteiger partial charge in [0.25, 0.3) is 0 Å². The highest BCUT2D eigenvalue weighted by Gasteiger charge is 2.21. The lowest BCUT2D eigenvalue weighted by atomic mass is 9.97. The van der Waals surface area contributed by atoms with Crippen LogP contribution in [0.5, 0.6) is 0 Å². The molecule has 0 spiro atoms. The minimum Gasteiger partial charge on any atom is -0.208 e. The average molecular weight is 1610 g/mol. The van der Waals surface area contributed by atoms with Crippen LogP contribution in [0.4, 0.5) is 0 Å². The van der Waals surface area contributed by atoms with Crippen LogP contribution in [0.1, 0.15) is 0 Å². The Morgan fingerprint density at radius 1 is 0.0714 bits per heavy atom. The number of rotatable bonds is 19. The Balaban J connectivity index is 0.000000160. The van der Waals surface area contributed by atoms with Gasteiger partial charge in [0, 0.05) is 66.8 Å². The maximum atomic E-state index is 5.15. The van der Waals surface area contributed by atoms with E-state index >= 15 is 0 Å². The maximum Gasteiger partial charge on any atom is 0.164 e. The molecule has 0 unspecified atom stereocenters. The van der Waals surface area contributed by atoms with Crippen LogP contribution in [-0.2, 0) is 0 Å². The molecule has 4 aromatic heterocycles. The van der Waals surface area contributed by atoms with Gasteiger partial charge in [-0.15, -0.1) is 0 Å². The maximum absolute atomic E-state index is 5.15. The summed E-state index contributed by atoms with van der Waals surface area (Å²) in [5.41, 5.74) is 26.3. The molecule has 12 heteroatoms. The van der Waals surface area contributed by atoms with E-state index in [1.54, 1.807) is 0 Å². The van der Waals surface area contributed by atoms with Crippen LogP contribution in [0.25, 0.3) is 215 Å². The van der Waals surface area contributed by atoms with E-state index in [2.05, 4.69) is 249 Å². The van der Waals surface area contributed by atoms with Gasteiger partial charge in [-0.2, -0.15) is 0 Å². The largest absolute Gasteiger partial charge is 0.208 e. The molecule has 0 aliphatic rings. The molecular formula is C114H76N12. The fourth-order valence-electron chi connectivity index (χ4n) is 15.5. The Kier molecular flexibility index (Phi) is 22.1. The van der Waals surface area contributed by atoms with Crippen LogP contribution in [0.3, 0.4) is 0 Å². The first-order valence-electron chi connectivity index (χ1n) is 41.8. The molecular weight excluding hydrogens is 1540 g/mol. The Bertz CT molecular complexity index is 7320. The van der Waals surface area contributed by atoms with Crippen molar-refractivity contribution in [3.05, 3.63) is 461 Å². The zero-order valence-corrected chi connectivity index (χ0v) is 68.2. The van der Waals surface area contributed by atoms with Gasteiger partial charge in [-0.05, 0) is 132 Å². The van der Waals surface area contributed by atoms with Crippen LogP contribution in [0.15, 0.2) is 461 Å². The third-order valence-electron chi connectivity index (χ3n) is 21.9. The van der Waals surface area contributed by atoms with Gasteiger partial charge in [0.1, 0.15) is 0 Å². The molecule has 0 bridgehead atoms. The zero-order valence-electron chi connectivity index (χ0n) is 68.2. The molecule has 0 amide bonds. The second-order valence-electron chi connectivity index (χ2n) is 30.4. The third kappa shape index (κ3) is 17.6. The van der Waals surface area contributed by atoms with Gasteiger partial charge in [0.15, 0.2) is 69.9 Å². The van der Waals surface area contributed by atoms with Gasteiger partial charge in [0.05, 0.1) is 0 Å². The van der Waals surface area contributed by atoms with Gasteiger partial charge in [-0.1, -0.05) is 406 Å². The predicted octanol–water partition coefficient (Wildman–Crippen LogP) is 27.8. The van der Waals surface area contributed by atoms with Crippen LogP contribution in [0, 0.1) is 0 Å². The van der Waals surface area contributed by atoms with E-state index in [1.807, 2.05) is 212 Å². The molecule has 126 heavy (non-hydrogen) atoms. The fourth-order valence-corrected chi connectivity index (χ4v) is 15.5. The molecule has 0 aliphatic heterocycles.